The molecule has 1 saturated heterocycles. The first-order chi connectivity index (χ1) is 9.62. The summed E-state index contributed by atoms with van der Waals surface area (Å²) in [5.41, 5.74) is 0.0569. The second-order valence-corrected chi connectivity index (χ2v) is 5.11. The number of rotatable bonds is 6. The summed E-state index contributed by atoms with van der Waals surface area (Å²) in [4.78, 5) is 15.5. The van der Waals surface area contributed by atoms with Gasteiger partial charge in [-0.2, -0.15) is 5.26 Å². The monoisotopic (exact) mass is 281 g/mol. The van der Waals surface area contributed by atoms with Crippen LogP contribution in [-0.2, 0) is 4.79 Å². The van der Waals surface area contributed by atoms with Crippen molar-refractivity contribution >= 4 is 5.91 Å². The van der Waals surface area contributed by atoms with Gasteiger partial charge in [0.25, 0.3) is 5.91 Å². The molecular weight excluding hydrogens is 258 g/mol. The molecule has 0 aromatic heterocycles. The summed E-state index contributed by atoms with van der Waals surface area (Å²) in [6.45, 7) is 3.75. The lowest BCUT2D eigenvalue weighted by molar-refractivity contribution is -0.127. The van der Waals surface area contributed by atoms with E-state index in [2.05, 4.69) is 6.92 Å². The molecule has 0 spiro atoms. The number of carbonyl (C=O) groups excluding carboxylic acids is 1. The van der Waals surface area contributed by atoms with Gasteiger partial charge in [0.15, 0.2) is 0 Å². The fourth-order valence-electron chi connectivity index (χ4n) is 2.20. The Bertz CT molecular complexity index is 376. The van der Waals surface area contributed by atoms with Crippen molar-refractivity contribution in [2.75, 3.05) is 39.4 Å². The van der Waals surface area contributed by atoms with Crippen molar-refractivity contribution in [2.45, 2.75) is 19.8 Å². The minimum Gasteiger partial charge on any atom is -0.395 e. The maximum Gasteiger partial charge on any atom is 0.266 e. The second-order valence-electron chi connectivity index (χ2n) is 5.11. The van der Waals surface area contributed by atoms with Crippen LogP contribution in [0.25, 0.3) is 0 Å². The summed E-state index contributed by atoms with van der Waals surface area (Å²) in [6.07, 6.45) is 3.72. The Hall–Kier alpha value is -1.58. The zero-order chi connectivity index (χ0) is 15.0. The number of aliphatic hydroxyl groups excluding tert-OH is 2. The first-order valence-corrected chi connectivity index (χ1v) is 6.99. The van der Waals surface area contributed by atoms with Gasteiger partial charge in [-0.3, -0.25) is 4.79 Å². The lowest BCUT2D eigenvalue weighted by atomic mass is 9.99. The lowest BCUT2D eigenvalue weighted by Gasteiger charge is -2.29. The smallest absolute Gasteiger partial charge is 0.266 e. The summed E-state index contributed by atoms with van der Waals surface area (Å²) in [6, 6.07) is 1.92. The normalized spacial score (nSPS) is 16.9. The van der Waals surface area contributed by atoms with Gasteiger partial charge in [-0.15, -0.1) is 0 Å². The van der Waals surface area contributed by atoms with E-state index in [4.69, 9.17) is 15.5 Å². The highest BCUT2D eigenvalue weighted by atomic mass is 16.3. The zero-order valence-electron chi connectivity index (χ0n) is 12.0. The van der Waals surface area contributed by atoms with Crippen LogP contribution >= 0.6 is 0 Å². The quantitative estimate of drug-likeness (QED) is 0.526. The third-order valence-electron chi connectivity index (χ3n) is 3.51. The fraction of sp³-hybridized carbons (Fsp3) is 0.714. The van der Waals surface area contributed by atoms with Gasteiger partial charge in [0.05, 0.1) is 13.2 Å². The molecule has 0 aromatic carbocycles. The number of carbonyl (C=O) groups is 1. The van der Waals surface area contributed by atoms with Crippen LogP contribution < -0.4 is 0 Å². The highest BCUT2D eigenvalue weighted by Crippen LogP contribution is 2.17. The molecule has 6 nitrogen and oxygen atoms in total. The number of nitrogens with zero attached hydrogens (tertiary/aromatic N) is 3. The summed E-state index contributed by atoms with van der Waals surface area (Å²) >= 11 is 0. The molecule has 0 unspecified atom stereocenters. The SMILES string of the molecule is CC1CCN(/C=C(/C#N)C(=O)N(CCO)CCO)CC1. The van der Waals surface area contributed by atoms with Crippen LogP contribution in [0.2, 0.25) is 0 Å². The van der Waals surface area contributed by atoms with Crippen LogP contribution in [0.5, 0.6) is 0 Å². The Morgan fingerprint density at radius 2 is 1.90 bits per heavy atom. The van der Waals surface area contributed by atoms with Gasteiger partial charge in [0.2, 0.25) is 0 Å². The Morgan fingerprint density at radius 1 is 1.35 bits per heavy atom. The highest BCUT2D eigenvalue weighted by molar-refractivity contribution is 5.97. The van der Waals surface area contributed by atoms with Gasteiger partial charge in [0, 0.05) is 32.4 Å². The van der Waals surface area contributed by atoms with Crippen LogP contribution in [0.15, 0.2) is 11.8 Å². The van der Waals surface area contributed by atoms with Crippen LogP contribution in [0.4, 0.5) is 0 Å². The molecule has 0 aromatic rings. The molecule has 0 saturated carbocycles. The van der Waals surface area contributed by atoms with Gasteiger partial charge in [-0.1, -0.05) is 6.92 Å². The van der Waals surface area contributed by atoms with E-state index in [0.29, 0.717) is 5.92 Å². The minimum atomic E-state index is -0.436. The number of nitriles is 1. The Kier molecular flexibility index (Phi) is 7.05. The summed E-state index contributed by atoms with van der Waals surface area (Å²) in [5, 5.41) is 27.0. The van der Waals surface area contributed by atoms with Crippen molar-refractivity contribution < 1.29 is 15.0 Å². The number of hydrogen-bond acceptors (Lipinski definition) is 5. The van der Waals surface area contributed by atoms with Crippen molar-refractivity contribution in [2.24, 2.45) is 5.92 Å². The molecule has 0 bridgehead atoms. The molecule has 20 heavy (non-hydrogen) atoms. The van der Waals surface area contributed by atoms with Crippen LogP contribution in [-0.4, -0.2) is 65.3 Å². The van der Waals surface area contributed by atoms with Gasteiger partial charge in [0.1, 0.15) is 11.6 Å². The molecule has 1 rings (SSSR count). The topological polar surface area (TPSA) is 87.8 Å². The van der Waals surface area contributed by atoms with Crippen LogP contribution in [0.3, 0.4) is 0 Å². The van der Waals surface area contributed by atoms with Gasteiger partial charge in [-0.05, 0) is 18.8 Å². The first kappa shape index (κ1) is 16.5. The molecule has 0 radical (unpaired) electrons. The molecule has 2 N–H and O–H groups in total. The molecule has 0 aliphatic carbocycles. The molecule has 1 aliphatic heterocycles. The van der Waals surface area contributed by atoms with E-state index >= 15 is 0 Å². The third kappa shape index (κ3) is 4.83. The minimum absolute atomic E-state index is 0.0569. The fourth-order valence-corrected chi connectivity index (χ4v) is 2.20. The predicted molar refractivity (Wildman–Crippen MR) is 74.4 cm³/mol. The molecule has 1 aliphatic rings. The Morgan fingerprint density at radius 3 is 2.35 bits per heavy atom. The standard InChI is InChI=1S/C14H23N3O3/c1-12-2-4-16(5-3-12)11-13(10-15)14(20)17(6-8-18)7-9-19/h11-12,18-19H,2-9H2,1H3/b13-11-. The van der Waals surface area contributed by atoms with Crippen molar-refractivity contribution in [1.82, 2.24) is 9.80 Å². The molecule has 1 amide bonds. The van der Waals surface area contributed by atoms with Gasteiger partial charge >= 0.3 is 0 Å². The summed E-state index contributed by atoms with van der Waals surface area (Å²) < 4.78 is 0. The maximum atomic E-state index is 12.2. The molecule has 112 valence electrons. The van der Waals surface area contributed by atoms with Crippen molar-refractivity contribution in [3.63, 3.8) is 0 Å². The number of hydrogen-bond donors (Lipinski definition) is 2. The molecule has 6 heteroatoms. The summed E-state index contributed by atoms with van der Waals surface area (Å²) in [5.74, 6) is 0.246. The molecule has 0 atom stereocenters. The number of aliphatic hydroxyl groups is 2. The third-order valence-corrected chi connectivity index (χ3v) is 3.51. The molecule has 1 fully saturated rings. The van der Waals surface area contributed by atoms with Gasteiger partial charge < -0.3 is 20.0 Å². The van der Waals surface area contributed by atoms with E-state index in [9.17, 15) is 4.79 Å². The number of piperidine rings is 1. The zero-order valence-corrected chi connectivity index (χ0v) is 12.0. The van der Waals surface area contributed by atoms with E-state index < -0.39 is 5.91 Å². The second kappa shape index (κ2) is 8.56. The van der Waals surface area contributed by atoms with E-state index in [1.54, 1.807) is 6.20 Å². The van der Waals surface area contributed by atoms with Gasteiger partial charge in [-0.25, -0.2) is 0 Å². The van der Waals surface area contributed by atoms with Crippen LogP contribution in [0.1, 0.15) is 19.8 Å². The van der Waals surface area contributed by atoms with E-state index in [1.165, 1.54) is 4.90 Å². The Balaban J connectivity index is 2.72. The average molecular weight is 281 g/mol. The van der Waals surface area contributed by atoms with Crippen molar-refractivity contribution in [1.29, 1.82) is 5.26 Å². The first-order valence-electron chi connectivity index (χ1n) is 6.99. The molecular formula is C14H23N3O3. The number of likely N-dealkylation sites (tertiary alicyclic amines) is 1. The lowest BCUT2D eigenvalue weighted by Crippen LogP contribution is -2.37. The average Bonchev–Trinajstić information content (AvgIpc) is 2.46. The Labute approximate surface area is 119 Å². The van der Waals surface area contributed by atoms with Crippen LogP contribution in [0, 0.1) is 17.2 Å². The maximum absolute atomic E-state index is 12.2. The summed E-state index contributed by atoms with van der Waals surface area (Å²) in [7, 11) is 0. The van der Waals surface area contributed by atoms with E-state index in [1.807, 2.05) is 11.0 Å². The molecule has 1 heterocycles. The van der Waals surface area contributed by atoms with E-state index in [0.717, 1.165) is 25.9 Å². The van der Waals surface area contributed by atoms with E-state index in [-0.39, 0.29) is 31.9 Å². The highest BCUT2D eigenvalue weighted by Gasteiger charge is 2.20. The van der Waals surface area contributed by atoms with Crippen molar-refractivity contribution in [3.05, 3.63) is 11.8 Å². The largest absolute Gasteiger partial charge is 0.395 e. The predicted octanol–water partition coefficient (Wildman–Crippen LogP) is -0.0610. The van der Waals surface area contributed by atoms with Crippen molar-refractivity contribution in [3.8, 4) is 6.07 Å². The number of amides is 1.